The lowest BCUT2D eigenvalue weighted by molar-refractivity contribution is -0.659. The average molecular weight is 349 g/mol. The minimum Gasteiger partial charge on any atom is -0.493 e. The van der Waals surface area contributed by atoms with Gasteiger partial charge in [-0.25, -0.2) is 4.57 Å². The van der Waals surface area contributed by atoms with E-state index < -0.39 is 0 Å². The molecule has 3 aromatic rings. The first-order valence-electron chi connectivity index (χ1n) is 7.04. The van der Waals surface area contributed by atoms with Crippen molar-refractivity contribution in [3.63, 3.8) is 0 Å². The highest BCUT2D eigenvalue weighted by Crippen LogP contribution is 2.33. The molecule has 0 spiro atoms. The maximum absolute atomic E-state index is 6.14. The van der Waals surface area contributed by atoms with Gasteiger partial charge in [-0.3, -0.25) is 0 Å². The third-order valence-electron chi connectivity index (χ3n) is 3.81. The lowest BCUT2D eigenvalue weighted by Crippen LogP contribution is -2.30. The monoisotopic (exact) mass is 348 g/mol. The molecule has 0 aliphatic rings. The number of ether oxygens (including phenoxy) is 2. The molecule has 0 aliphatic carbocycles. The van der Waals surface area contributed by atoms with E-state index in [9.17, 15) is 0 Å². The van der Waals surface area contributed by atoms with Crippen LogP contribution < -0.4 is 14.0 Å². The van der Waals surface area contributed by atoms with Crippen molar-refractivity contribution in [3.05, 3.63) is 52.6 Å². The molecular weight excluding hydrogens is 333 g/mol. The van der Waals surface area contributed by atoms with Gasteiger partial charge in [-0.1, -0.05) is 23.2 Å². The summed E-state index contributed by atoms with van der Waals surface area (Å²) in [5, 5.41) is 3.21. The number of rotatable bonds is 3. The van der Waals surface area contributed by atoms with Gasteiger partial charge >= 0.3 is 0 Å². The Morgan fingerprint density at radius 3 is 2.09 bits per heavy atom. The summed E-state index contributed by atoms with van der Waals surface area (Å²) < 4.78 is 12.8. The minimum absolute atomic E-state index is 0.538. The van der Waals surface area contributed by atoms with Crippen LogP contribution in [0.3, 0.4) is 0 Å². The van der Waals surface area contributed by atoms with Gasteiger partial charge in [0.15, 0.2) is 17.7 Å². The van der Waals surface area contributed by atoms with Gasteiger partial charge < -0.3 is 9.47 Å². The van der Waals surface area contributed by atoms with Gasteiger partial charge in [0.2, 0.25) is 5.69 Å². The molecule has 2 aromatic carbocycles. The summed E-state index contributed by atoms with van der Waals surface area (Å²) in [6.45, 7) is 0. The van der Waals surface area contributed by atoms with Crippen LogP contribution >= 0.6 is 23.2 Å². The van der Waals surface area contributed by atoms with Crippen molar-refractivity contribution in [2.75, 3.05) is 14.2 Å². The van der Waals surface area contributed by atoms with Crippen molar-refractivity contribution >= 4 is 34.0 Å². The number of aromatic nitrogens is 1. The van der Waals surface area contributed by atoms with E-state index in [0.29, 0.717) is 21.5 Å². The van der Waals surface area contributed by atoms with Crippen LogP contribution in [0.2, 0.25) is 10.0 Å². The Bertz CT molecular complexity index is 894. The molecule has 0 amide bonds. The van der Waals surface area contributed by atoms with E-state index in [1.54, 1.807) is 20.3 Å². The molecule has 3 rings (SSSR count). The summed E-state index contributed by atoms with van der Waals surface area (Å²) in [5.41, 5.74) is 2.03. The van der Waals surface area contributed by atoms with Gasteiger partial charge in [-0.05, 0) is 35.7 Å². The summed E-state index contributed by atoms with van der Waals surface area (Å²) >= 11 is 12.2. The first kappa shape index (κ1) is 15.9. The van der Waals surface area contributed by atoms with Crippen molar-refractivity contribution in [2.24, 2.45) is 7.05 Å². The highest BCUT2D eigenvalue weighted by Gasteiger charge is 2.15. The molecule has 23 heavy (non-hydrogen) atoms. The molecule has 3 nitrogen and oxygen atoms in total. The fraction of sp³-hybridized carbons (Fsp3) is 0.167. The predicted molar refractivity (Wildman–Crippen MR) is 93.7 cm³/mol. The lowest BCUT2D eigenvalue weighted by Gasteiger charge is -2.10. The first-order valence-corrected chi connectivity index (χ1v) is 7.80. The Morgan fingerprint density at radius 1 is 0.826 bits per heavy atom. The van der Waals surface area contributed by atoms with Gasteiger partial charge in [-0.15, -0.1) is 0 Å². The van der Waals surface area contributed by atoms with E-state index >= 15 is 0 Å². The number of aryl methyl sites for hydroxylation is 1. The molecule has 5 heteroatoms. The highest BCUT2D eigenvalue weighted by molar-refractivity contribution is 6.42. The second kappa shape index (κ2) is 6.26. The second-order valence-corrected chi connectivity index (χ2v) is 6.05. The summed E-state index contributed by atoms with van der Waals surface area (Å²) in [5.74, 6) is 1.41. The maximum Gasteiger partial charge on any atom is 0.212 e. The smallest absolute Gasteiger partial charge is 0.212 e. The molecule has 0 saturated heterocycles. The van der Waals surface area contributed by atoms with E-state index in [4.69, 9.17) is 32.7 Å². The summed E-state index contributed by atoms with van der Waals surface area (Å²) in [6, 6.07) is 11.7. The summed E-state index contributed by atoms with van der Waals surface area (Å²) in [6.07, 6.45) is 2.05. The topological polar surface area (TPSA) is 22.3 Å². The van der Waals surface area contributed by atoms with Crippen LogP contribution in [0.25, 0.3) is 22.0 Å². The van der Waals surface area contributed by atoms with Crippen molar-refractivity contribution in [1.82, 2.24) is 0 Å². The number of fused-ring (bicyclic) bond motifs is 1. The van der Waals surface area contributed by atoms with Crippen LogP contribution in [0.5, 0.6) is 11.5 Å². The maximum atomic E-state index is 6.14. The zero-order valence-electron chi connectivity index (χ0n) is 13.1. The zero-order valence-corrected chi connectivity index (χ0v) is 14.6. The fourth-order valence-corrected chi connectivity index (χ4v) is 2.92. The molecule has 0 unspecified atom stereocenters. The number of benzene rings is 2. The largest absolute Gasteiger partial charge is 0.493 e. The molecule has 1 heterocycles. The number of hydrogen-bond donors (Lipinski definition) is 0. The average Bonchev–Trinajstić information content (AvgIpc) is 2.55. The molecule has 0 N–H and O–H groups in total. The van der Waals surface area contributed by atoms with Crippen LogP contribution in [-0.4, -0.2) is 14.2 Å². The first-order chi connectivity index (χ1) is 11.0. The highest BCUT2D eigenvalue weighted by atomic mass is 35.5. The zero-order chi connectivity index (χ0) is 16.6. The number of pyridine rings is 1. The molecule has 0 radical (unpaired) electrons. The molecule has 1 aromatic heterocycles. The standard InChI is InChI=1S/C18H16Cl2NO2/c1-21-10-13-9-18(23-3)17(22-2)8-12(13)7-16(21)11-4-5-14(19)15(20)6-11/h4-10H,1-3H3/q+1. The van der Waals surface area contributed by atoms with E-state index in [1.165, 1.54) is 0 Å². The molecule has 0 fully saturated rings. The quantitative estimate of drug-likeness (QED) is 0.642. The third kappa shape index (κ3) is 2.94. The molecule has 0 aliphatic heterocycles. The van der Waals surface area contributed by atoms with Gasteiger partial charge in [0.1, 0.15) is 7.05 Å². The van der Waals surface area contributed by atoms with Crippen molar-refractivity contribution in [2.45, 2.75) is 0 Å². The fourth-order valence-electron chi connectivity index (χ4n) is 2.62. The predicted octanol–water partition coefficient (Wildman–Crippen LogP) is 4.66. The van der Waals surface area contributed by atoms with Gasteiger partial charge in [0.05, 0.1) is 24.3 Å². The van der Waals surface area contributed by atoms with E-state index in [0.717, 1.165) is 22.0 Å². The molecule has 118 valence electrons. The molecule has 0 bridgehead atoms. The Kier molecular flexibility index (Phi) is 4.33. The Morgan fingerprint density at radius 2 is 1.48 bits per heavy atom. The van der Waals surface area contributed by atoms with E-state index in [1.807, 2.05) is 35.9 Å². The molecule has 0 atom stereocenters. The number of nitrogens with zero attached hydrogens (tertiary/aromatic N) is 1. The second-order valence-electron chi connectivity index (χ2n) is 5.23. The molecule has 0 saturated carbocycles. The third-order valence-corrected chi connectivity index (χ3v) is 4.55. The van der Waals surface area contributed by atoms with Crippen LogP contribution in [0.1, 0.15) is 0 Å². The van der Waals surface area contributed by atoms with Gasteiger partial charge in [-0.2, -0.15) is 0 Å². The van der Waals surface area contributed by atoms with Crippen molar-refractivity contribution in [3.8, 4) is 22.8 Å². The van der Waals surface area contributed by atoms with Crippen molar-refractivity contribution < 1.29 is 14.0 Å². The summed E-state index contributed by atoms with van der Waals surface area (Å²) in [7, 11) is 5.26. The lowest BCUT2D eigenvalue weighted by atomic mass is 10.1. The molecular formula is C18H16Cl2NO2+. The Labute approximate surface area is 145 Å². The Hall–Kier alpha value is -1.97. The van der Waals surface area contributed by atoms with E-state index in [-0.39, 0.29) is 0 Å². The SMILES string of the molecule is COc1cc2cc(-c3ccc(Cl)c(Cl)c3)[n+](C)cc2cc1OC. The van der Waals surface area contributed by atoms with Crippen LogP contribution in [0.15, 0.2) is 42.6 Å². The Balaban J connectivity index is 2.22. The van der Waals surface area contributed by atoms with Crippen LogP contribution in [0, 0.1) is 0 Å². The van der Waals surface area contributed by atoms with Crippen LogP contribution in [-0.2, 0) is 7.05 Å². The normalized spacial score (nSPS) is 10.8. The van der Waals surface area contributed by atoms with Gasteiger partial charge in [0, 0.05) is 17.0 Å². The van der Waals surface area contributed by atoms with Crippen LogP contribution in [0.4, 0.5) is 0 Å². The number of halogens is 2. The van der Waals surface area contributed by atoms with E-state index in [2.05, 4.69) is 12.3 Å². The minimum atomic E-state index is 0.538. The number of hydrogen-bond acceptors (Lipinski definition) is 2. The summed E-state index contributed by atoms with van der Waals surface area (Å²) in [4.78, 5) is 0. The van der Waals surface area contributed by atoms with Crippen molar-refractivity contribution in [1.29, 1.82) is 0 Å². The number of methoxy groups -OCH3 is 2. The van der Waals surface area contributed by atoms with Gasteiger partial charge in [0.25, 0.3) is 0 Å².